The lowest BCUT2D eigenvalue weighted by Gasteiger charge is -2.18. The van der Waals surface area contributed by atoms with Gasteiger partial charge in [-0.05, 0) is 35.7 Å². The Bertz CT molecular complexity index is 753. The third-order valence-corrected chi connectivity index (χ3v) is 4.30. The SMILES string of the molecule is CC(C)C(=O)NCc1ccc2c(c1)CCN2C(=O)c1ccccc1. The fraction of sp³-hybridized carbons (Fsp3) is 0.300. The summed E-state index contributed by atoms with van der Waals surface area (Å²) in [5.74, 6) is 0.0741. The van der Waals surface area contributed by atoms with E-state index in [0.717, 1.165) is 23.2 Å². The zero-order valence-electron chi connectivity index (χ0n) is 14.1. The highest BCUT2D eigenvalue weighted by Crippen LogP contribution is 2.30. The van der Waals surface area contributed by atoms with Crippen LogP contribution in [0.4, 0.5) is 5.69 Å². The molecule has 4 heteroatoms. The highest BCUT2D eigenvalue weighted by atomic mass is 16.2. The van der Waals surface area contributed by atoms with Crippen LogP contribution < -0.4 is 10.2 Å². The molecule has 0 saturated heterocycles. The lowest BCUT2D eigenvalue weighted by Crippen LogP contribution is -2.28. The van der Waals surface area contributed by atoms with Gasteiger partial charge in [0.05, 0.1) is 0 Å². The van der Waals surface area contributed by atoms with E-state index in [1.807, 2.05) is 61.2 Å². The van der Waals surface area contributed by atoms with Gasteiger partial charge in [0, 0.05) is 30.3 Å². The fourth-order valence-corrected chi connectivity index (χ4v) is 2.91. The molecule has 1 aliphatic rings. The summed E-state index contributed by atoms with van der Waals surface area (Å²) >= 11 is 0. The third-order valence-electron chi connectivity index (χ3n) is 4.30. The van der Waals surface area contributed by atoms with Crippen molar-refractivity contribution in [1.82, 2.24) is 5.32 Å². The first-order valence-electron chi connectivity index (χ1n) is 8.32. The summed E-state index contributed by atoms with van der Waals surface area (Å²) in [6.45, 7) is 4.98. The van der Waals surface area contributed by atoms with Crippen LogP contribution in [0, 0.1) is 5.92 Å². The van der Waals surface area contributed by atoms with Crippen LogP contribution in [0.25, 0.3) is 0 Å². The number of amides is 2. The molecular formula is C20H22N2O2. The summed E-state index contributed by atoms with van der Waals surface area (Å²) in [5, 5.41) is 2.93. The number of nitrogens with one attached hydrogen (secondary N) is 1. The van der Waals surface area contributed by atoms with Gasteiger partial charge in [0.15, 0.2) is 0 Å². The molecule has 1 heterocycles. The molecule has 1 N–H and O–H groups in total. The highest BCUT2D eigenvalue weighted by Gasteiger charge is 2.25. The molecule has 0 saturated carbocycles. The van der Waals surface area contributed by atoms with Crippen molar-refractivity contribution in [2.24, 2.45) is 5.92 Å². The van der Waals surface area contributed by atoms with Gasteiger partial charge in [-0.3, -0.25) is 9.59 Å². The maximum atomic E-state index is 12.7. The zero-order chi connectivity index (χ0) is 17.1. The van der Waals surface area contributed by atoms with E-state index in [1.54, 1.807) is 0 Å². The minimum absolute atomic E-state index is 0.0154. The minimum Gasteiger partial charge on any atom is -0.352 e. The standard InChI is InChI=1S/C20H22N2O2/c1-14(2)19(23)21-13-15-8-9-18-17(12-15)10-11-22(18)20(24)16-6-4-3-5-7-16/h3-9,12,14H,10-11,13H2,1-2H3,(H,21,23). The van der Waals surface area contributed by atoms with Crippen LogP contribution in [0.1, 0.15) is 35.3 Å². The fourth-order valence-electron chi connectivity index (χ4n) is 2.91. The Morgan fingerprint density at radius 3 is 2.58 bits per heavy atom. The summed E-state index contributed by atoms with van der Waals surface area (Å²) in [6, 6.07) is 15.4. The Kier molecular flexibility index (Phi) is 4.65. The normalized spacial score (nSPS) is 13.0. The Morgan fingerprint density at radius 2 is 1.88 bits per heavy atom. The van der Waals surface area contributed by atoms with E-state index in [9.17, 15) is 9.59 Å². The van der Waals surface area contributed by atoms with Crippen molar-refractivity contribution >= 4 is 17.5 Å². The molecule has 0 fully saturated rings. The topological polar surface area (TPSA) is 49.4 Å². The molecule has 0 aromatic heterocycles. The molecule has 2 amide bonds. The number of carbonyl (C=O) groups is 2. The zero-order valence-corrected chi connectivity index (χ0v) is 14.1. The average Bonchev–Trinajstić information content (AvgIpc) is 3.02. The first-order chi connectivity index (χ1) is 11.6. The second-order valence-corrected chi connectivity index (χ2v) is 6.41. The number of anilines is 1. The molecule has 0 spiro atoms. The van der Waals surface area contributed by atoms with Crippen molar-refractivity contribution in [3.63, 3.8) is 0 Å². The van der Waals surface area contributed by atoms with Crippen LogP contribution in [0.3, 0.4) is 0 Å². The largest absolute Gasteiger partial charge is 0.352 e. The van der Waals surface area contributed by atoms with E-state index in [2.05, 4.69) is 11.4 Å². The quantitative estimate of drug-likeness (QED) is 0.940. The van der Waals surface area contributed by atoms with E-state index in [0.29, 0.717) is 18.7 Å². The molecule has 1 aliphatic heterocycles. The van der Waals surface area contributed by atoms with Crippen LogP contribution in [-0.2, 0) is 17.8 Å². The lowest BCUT2D eigenvalue weighted by molar-refractivity contribution is -0.124. The van der Waals surface area contributed by atoms with Crippen molar-refractivity contribution in [3.05, 3.63) is 65.2 Å². The number of nitrogens with zero attached hydrogens (tertiary/aromatic N) is 1. The Hall–Kier alpha value is -2.62. The van der Waals surface area contributed by atoms with Gasteiger partial charge in [-0.25, -0.2) is 0 Å². The maximum Gasteiger partial charge on any atom is 0.258 e. The van der Waals surface area contributed by atoms with Crippen LogP contribution in [0.2, 0.25) is 0 Å². The number of rotatable bonds is 4. The predicted octanol–water partition coefficient (Wildman–Crippen LogP) is 3.16. The summed E-state index contributed by atoms with van der Waals surface area (Å²) in [4.78, 5) is 26.2. The van der Waals surface area contributed by atoms with E-state index in [-0.39, 0.29) is 17.7 Å². The molecule has 0 bridgehead atoms. The third kappa shape index (κ3) is 3.32. The highest BCUT2D eigenvalue weighted by molar-refractivity contribution is 6.07. The number of fused-ring (bicyclic) bond motifs is 1. The molecule has 124 valence electrons. The van der Waals surface area contributed by atoms with Gasteiger partial charge in [0.2, 0.25) is 5.91 Å². The van der Waals surface area contributed by atoms with Crippen molar-refractivity contribution in [1.29, 1.82) is 0 Å². The molecule has 4 nitrogen and oxygen atoms in total. The molecule has 0 unspecified atom stereocenters. The molecule has 0 aliphatic carbocycles. The van der Waals surface area contributed by atoms with Gasteiger partial charge in [0.25, 0.3) is 5.91 Å². The molecule has 0 atom stereocenters. The number of hydrogen-bond donors (Lipinski definition) is 1. The summed E-state index contributed by atoms with van der Waals surface area (Å²) < 4.78 is 0. The smallest absolute Gasteiger partial charge is 0.258 e. The van der Waals surface area contributed by atoms with Gasteiger partial charge in [-0.2, -0.15) is 0 Å². The molecule has 0 radical (unpaired) electrons. The molecule has 2 aromatic carbocycles. The Labute approximate surface area is 142 Å². The van der Waals surface area contributed by atoms with Crippen molar-refractivity contribution in [2.45, 2.75) is 26.8 Å². The van der Waals surface area contributed by atoms with Crippen molar-refractivity contribution < 1.29 is 9.59 Å². The lowest BCUT2D eigenvalue weighted by atomic mass is 10.1. The van der Waals surface area contributed by atoms with E-state index < -0.39 is 0 Å². The Balaban J connectivity index is 1.74. The average molecular weight is 322 g/mol. The number of hydrogen-bond acceptors (Lipinski definition) is 2. The minimum atomic E-state index is -0.0154. The van der Waals surface area contributed by atoms with Crippen LogP contribution >= 0.6 is 0 Å². The second-order valence-electron chi connectivity index (χ2n) is 6.41. The van der Waals surface area contributed by atoms with Crippen LogP contribution in [-0.4, -0.2) is 18.4 Å². The molecule has 3 rings (SSSR count). The van der Waals surface area contributed by atoms with Crippen molar-refractivity contribution in [3.8, 4) is 0 Å². The molecular weight excluding hydrogens is 300 g/mol. The Morgan fingerprint density at radius 1 is 1.12 bits per heavy atom. The van der Waals surface area contributed by atoms with E-state index >= 15 is 0 Å². The molecule has 24 heavy (non-hydrogen) atoms. The van der Waals surface area contributed by atoms with Gasteiger partial charge >= 0.3 is 0 Å². The van der Waals surface area contributed by atoms with Crippen molar-refractivity contribution in [2.75, 3.05) is 11.4 Å². The monoisotopic (exact) mass is 322 g/mol. The van der Waals surface area contributed by atoms with Gasteiger partial charge in [-0.1, -0.05) is 44.2 Å². The first kappa shape index (κ1) is 16.2. The van der Waals surface area contributed by atoms with Gasteiger partial charge in [0.1, 0.15) is 0 Å². The van der Waals surface area contributed by atoms with E-state index in [4.69, 9.17) is 0 Å². The van der Waals surface area contributed by atoms with E-state index in [1.165, 1.54) is 0 Å². The summed E-state index contributed by atoms with van der Waals surface area (Å²) in [6.07, 6.45) is 0.847. The first-order valence-corrected chi connectivity index (χ1v) is 8.32. The summed E-state index contributed by atoms with van der Waals surface area (Å²) in [7, 11) is 0. The summed E-state index contributed by atoms with van der Waals surface area (Å²) in [5.41, 5.74) is 3.91. The number of benzene rings is 2. The molecule has 2 aromatic rings. The number of carbonyl (C=O) groups excluding carboxylic acids is 2. The van der Waals surface area contributed by atoms with Crippen LogP contribution in [0.5, 0.6) is 0 Å². The van der Waals surface area contributed by atoms with Gasteiger partial charge < -0.3 is 10.2 Å². The predicted molar refractivity (Wildman–Crippen MR) is 94.9 cm³/mol. The van der Waals surface area contributed by atoms with Gasteiger partial charge in [-0.15, -0.1) is 0 Å². The van der Waals surface area contributed by atoms with Crippen LogP contribution in [0.15, 0.2) is 48.5 Å². The second kappa shape index (κ2) is 6.87. The maximum absolute atomic E-state index is 12.7.